The molecular weight excluding hydrogens is 346 g/mol. The van der Waals surface area contributed by atoms with Crippen LogP contribution < -0.4 is 10.2 Å². The van der Waals surface area contributed by atoms with Gasteiger partial charge in [0.25, 0.3) is 5.91 Å². The number of carbonyl (C=O) groups is 2. The summed E-state index contributed by atoms with van der Waals surface area (Å²) in [4.78, 5) is 27.6. The summed E-state index contributed by atoms with van der Waals surface area (Å²) in [7, 11) is 0. The van der Waals surface area contributed by atoms with Crippen molar-refractivity contribution in [2.75, 3.05) is 0 Å². The van der Waals surface area contributed by atoms with E-state index in [0.29, 0.717) is 22.6 Å². The van der Waals surface area contributed by atoms with Crippen LogP contribution in [0.5, 0.6) is 5.75 Å². The van der Waals surface area contributed by atoms with Crippen LogP contribution in [0, 0.1) is 0 Å². The zero-order chi connectivity index (χ0) is 18.9. The van der Waals surface area contributed by atoms with Gasteiger partial charge in [0.1, 0.15) is 11.5 Å². The molecule has 0 bridgehead atoms. The number of nitrogens with one attached hydrogen (secondary N) is 1. The number of amides is 1. The topological polar surface area (TPSA) is 93.8 Å². The Bertz CT molecular complexity index is 964. The first-order valence-electron chi connectivity index (χ1n) is 7.97. The number of furan rings is 1. The summed E-state index contributed by atoms with van der Waals surface area (Å²) < 4.78 is 10.3. The van der Waals surface area contributed by atoms with E-state index >= 15 is 0 Å². The fraction of sp³-hybridized carbons (Fsp3) is 0. The van der Waals surface area contributed by atoms with Crippen molar-refractivity contribution in [2.45, 2.75) is 0 Å². The second-order valence-electron chi connectivity index (χ2n) is 5.28. The molecule has 2 aromatic heterocycles. The molecular formula is C20H15N3O4. The number of benzene rings is 1. The molecule has 2 heterocycles. The highest BCUT2D eigenvalue weighted by molar-refractivity contribution is 5.94. The zero-order valence-electron chi connectivity index (χ0n) is 14.1. The molecule has 0 aliphatic heterocycles. The van der Waals surface area contributed by atoms with Gasteiger partial charge in [-0.15, -0.1) is 0 Å². The molecule has 0 radical (unpaired) electrons. The van der Waals surface area contributed by atoms with Crippen LogP contribution >= 0.6 is 0 Å². The van der Waals surface area contributed by atoms with Crippen molar-refractivity contribution in [3.8, 4) is 5.75 Å². The number of hydrogen-bond acceptors (Lipinski definition) is 6. The maximum absolute atomic E-state index is 11.9. The molecule has 0 unspecified atom stereocenters. The molecule has 7 nitrogen and oxygen atoms in total. The van der Waals surface area contributed by atoms with Crippen LogP contribution in [0.3, 0.4) is 0 Å². The van der Waals surface area contributed by atoms with Crippen molar-refractivity contribution in [2.24, 2.45) is 5.10 Å². The highest BCUT2D eigenvalue weighted by Crippen LogP contribution is 2.13. The molecule has 3 aromatic rings. The van der Waals surface area contributed by atoms with E-state index < -0.39 is 5.97 Å². The van der Waals surface area contributed by atoms with Crippen LogP contribution in [0.25, 0.3) is 6.08 Å². The number of carbonyl (C=O) groups excluding carboxylic acids is 2. The molecule has 7 heteroatoms. The molecule has 1 N–H and O–H groups in total. The Labute approximate surface area is 155 Å². The number of nitrogens with zero attached hydrogens (tertiary/aromatic N) is 2. The number of hydrazone groups is 1. The molecule has 0 saturated carbocycles. The molecule has 134 valence electrons. The Morgan fingerprint density at radius 1 is 1.11 bits per heavy atom. The molecule has 0 aliphatic rings. The van der Waals surface area contributed by atoms with Crippen LogP contribution in [0.1, 0.15) is 21.7 Å². The van der Waals surface area contributed by atoms with Gasteiger partial charge in [-0.25, -0.2) is 10.2 Å². The van der Waals surface area contributed by atoms with E-state index in [1.165, 1.54) is 37.0 Å². The van der Waals surface area contributed by atoms with E-state index in [9.17, 15) is 9.59 Å². The van der Waals surface area contributed by atoms with Crippen molar-refractivity contribution in [1.82, 2.24) is 10.4 Å². The van der Waals surface area contributed by atoms with Gasteiger partial charge in [0, 0.05) is 24.0 Å². The Kier molecular flexibility index (Phi) is 5.88. The van der Waals surface area contributed by atoms with E-state index in [-0.39, 0.29) is 5.91 Å². The average molecular weight is 361 g/mol. The number of pyridine rings is 1. The van der Waals surface area contributed by atoms with Gasteiger partial charge >= 0.3 is 5.97 Å². The third-order valence-corrected chi connectivity index (χ3v) is 3.33. The largest absolute Gasteiger partial charge is 0.465 e. The lowest BCUT2D eigenvalue weighted by Gasteiger charge is -2.02. The zero-order valence-corrected chi connectivity index (χ0v) is 14.1. The van der Waals surface area contributed by atoms with Gasteiger partial charge in [-0.3, -0.25) is 9.78 Å². The maximum Gasteiger partial charge on any atom is 0.336 e. The third-order valence-electron chi connectivity index (χ3n) is 3.33. The number of hydrogen-bond donors (Lipinski definition) is 1. The van der Waals surface area contributed by atoms with Crippen LogP contribution in [0.4, 0.5) is 0 Å². The SMILES string of the molecule is O=C(/C=C/c1ccco1)Oc1cccc(/C=N\NC(=O)c2ccncc2)c1. The highest BCUT2D eigenvalue weighted by atomic mass is 16.5. The van der Waals surface area contributed by atoms with Crippen LogP contribution in [-0.2, 0) is 4.79 Å². The van der Waals surface area contributed by atoms with Crippen molar-refractivity contribution in [1.29, 1.82) is 0 Å². The van der Waals surface area contributed by atoms with Crippen LogP contribution in [0.2, 0.25) is 0 Å². The quantitative estimate of drug-likeness (QED) is 0.239. The van der Waals surface area contributed by atoms with Crippen molar-refractivity contribution in [3.63, 3.8) is 0 Å². The monoisotopic (exact) mass is 361 g/mol. The van der Waals surface area contributed by atoms with Crippen molar-refractivity contribution in [3.05, 3.63) is 90.2 Å². The first kappa shape index (κ1) is 17.8. The average Bonchev–Trinajstić information content (AvgIpc) is 3.21. The summed E-state index contributed by atoms with van der Waals surface area (Å²) in [6, 6.07) is 13.4. The van der Waals surface area contributed by atoms with Gasteiger partial charge in [0.15, 0.2) is 0 Å². The van der Waals surface area contributed by atoms with E-state index in [4.69, 9.17) is 9.15 Å². The highest BCUT2D eigenvalue weighted by Gasteiger charge is 2.03. The van der Waals surface area contributed by atoms with Gasteiger partial charge in [-0.05, 0) is 48.0 Å². The standard InChI is InChI=1S/C20H15N3O4/c24-19(7-6-17-5-2-12-26-17)27-18-4-1-3-15(13-18)14-22-23-20(25)16-8-10-21-11-9-16/h1-14H,(H,23,25)/b7-6+,22-14-. The fourth-order valence-electron chi connectivity index (χ4n) is 2.08. The van der Waals surface area contributed by atoms with E-state index in [1.54, 1.807) is 48.5 Å². The summed E-state index contributed by atoms with van der Waals surface area (Å²) in [6.07, 6.45) is 8.81. The lowest BCUT2D eigenvalue weighted by molar-refractivity contribution is -0.128. The number of ether oxygens (including phenoxy) is 1. The summed E-state index contributed by atoms with van der Waals surface area (Å²) in [5.41, 5.74) is 3.53. The van der Waals surface area contributed by atoms with Gasteiger partial charge in [-0.2, -0.15) is 5.10 Å². The summed E-state index contributed by atoms with van der Waals surface area (Å²) in [6.45, 7) is 0. The normalized spacial score (nSPS) is 11.0. The molecule has 3 rings (SSSR count). The van der Waals surface area contributed by atoms with E-state index in [0.717, 1.165) is 0 Å². The predicted octanol–water partition coefficient (Wildman–Crippen LogP) is 3.06. The van der Waals surface area contributed by atoms with E-state index in [2.05, 4.69) is 15.5 Å². The molecule has 27 heavy (non-hydrogen) atoms. The first-order valence-corrected chi connectivity index (χ1v) is 7.97. The number of esters is 1. The van der Waals surface area contributed by atoms with Crippen molar-refractivity contribution < 1.29 is 18.7 Å². The van der Waals surface area contributed by atoms with Gasteiger partial charge in [-0.1, -0.05) is 12.1 Å². The molecule has 0 saturated heterocycles. The van der Waals surface area contributed by atoms with Gasteiger partial charge in [0.2, 0.25) is 0 Å². The van der Waals surface area contributed by atoms with Gasteiger partial charge < -0.3 is 9.15 Å². The third kappa shape index (κ3) is 5.50. The van der Waals surface area contributed by atoms with Crippen molar-refractivity contribution >= 4 is 24.2 Å². The summed E-state index contributed by atoms with van der Waals surface area (Å²) in [5.74, 6) is 0.0250. The molecule has 1 aromatic carbocycles. The minimum atomic E-state index is -0.536. The fourth-order valence-corrected chi connectivity index (χ4v) is 2.08. The molecule has 1 amide bonds. The molecule has 0 spiro atoms. The van der Waals surface area contributed by atoms with Crippen LogP contribution in [0.15, 0.2) is 82.8 Å². The lowest BCUT2D eigenvalue weighted by atomic mass is 10.2. The minimum absolute atomic E-state index is 0.348. The molecule has 0 atom stereocenters. The first-order chi connectivity index (χ1) is 13.2. The van der Waals surface area contributed by atoms with Crippen LogP contribution in [-0.4, -0.2) is 23.1 Å². The smallest absolute Gasteiger partial charge is 0.336 e. The Balaban J connectivity index is 1.56. The minimum Gasteiger partial charge on any atom is -0.465 e. The number of rotatable bonds is 6. The maximum atomic E-state index is 11.9. The predicted molar refractivity (Wildman–Crippen MR) is 99.1 cm³/mol. The second kappa shape index (κ2) is 8.91. The second-order valence-corrected chi connectivity index (χ2v) is 5.28. The Morgan fingerprint density at radius 2 is 1.96 bits per heavy atom. The van der Waals surface area contributed by atoms with Gasteiger partial charge in [0.05, 0.1) is 12.5 Å². The Hall–Kier alpha value is -4.00. The molecule has 0 fully saturated rings. The van der Waals surface area contributed by atoms with E-state index in [1.807, 2.05) is 0 Å². The molecule has 0 aliphatic carbocycles. The number of aromatic nitrogens is 1. The lowest BCUT2D eigenvalue weighted by Crippen LogP contribution is -2.17. The Morgan fingerprint density at radius 3 is 2.74 bits per heavy atom. The summed E-state index contributed by atoms with van der Waals surface area (Å²) >= 11 is 0. The summed E-state index contributed by atoms with van der Waals surface area (Å²) in [5, 5.41) is 3.90.